The third-order valence-electron chi connectivity index (χ3n) is 2.29. The summed E-state index contributed by atoms with van der Waals surface area (Å²) in [5, 5.41) is 1.95. The molecule has 0 saturated carbocycles. The fourth-order valence-electron chi connectivity index (χ4n) is 1.30. The molecule has 1 heterocycles. The van der Waals surface area contributed by atoms with Crippen LogP contribution in [0.2, 0.25) is 0 Å². The van der Waals surface area contributed by atoms with Crippen molar-refractivity contribution in [3.05, 3.63) is 22.4 Å². The molecule has 1 aromatic heterocycles. The molecule has 0 unspecified atom stereocenters. The first kappa shape index (κ1) is 13.6. The maximum Gasteiger partial charge on any atom is 0.214 e. The molecule has 0 saturated heterocycles. The quantitative estimate of drug-likeness (QED) is 0.752. The fourth-order valence-corrected chi connectivity index (χ4v) is 3.36. The van der Waals surface area contributed by atoms with Gasteiger partial charge in [0.25, 0.3) is 0 Å². The van der Waals surface area contributed by atoms with Crippen LogP contribution >= 0.6 is 11.3 Å². The summed E-state index contributed by atoms with van der Waals surface area (Å²) in [6.45, 7) is 1.01. The van der Waals surface area contributed by atoms with Crippen LogP contribution in [0.1, 0.15) is 17.7 Å². The van der Waals surface area contributed by atoms with Crippen molar-refractivity contribution in [1.82, 2.24) is 4.31 Å². The molecule has 0 aromatic carbocycles. The molecular formula is C10H18N2O2S2. The Balaban J connectivity index is 2.48. The zero-order chi connectivity index (χ0) is 12.0. The van der Waals surface area contributed by atoms with E-state index in [-0.39, 0.29) is 5.75 Å². The molecule has 16 heavy (non-hydrogen) atoms. The van der Waals surface area contributed by atoms with E-state index in [4.69, 9.17) is 5.73 Å². The third-order valence-corrected chi connectivity index (χ3v) is 5.03. The van der Waals surface area contributed by atoms with E-state index in [2.05, 4.69) is 0 Å². The Morgan fingerprint density at radius 2 is 2.19 bits per heavy atom. The molecule has 0 aliphatic carbocycles. The van der Waals surface area contributed by atoms with E-state index >= 15 is 0 Å². The Morgan fingerprint density at radius 1 is 1.44 bits per heavy atom. The first-order valence-electron chi connectivity index (χ1n) is 5.22. The van der Waals surface area contributed by atoms with E-state index in [1.54, 1.807) is 18.4 Å². The predicted molar refractivity (Wildman–Crippen MR) is 67.9 cm³/mol. The van der Waals surface area contributed by atoms with Crippen molar-refractivity contribution in [3.8, 4) is 0 Å². The average molecular weight is 262 g/mol. The van der Waals surface area contributed by atoms with E-state index in [1.807, 2.05) is 17.5 Å². The largest absolute Gasteiger partial charge is 0.330 e. The number of unbranched alkanes of at least 4 members (excludes halogenated alkanes) is 1. The normalized spacial score (nSPS) is 12.2. The Labute approximate surface area is 101 Å². The van der Waals surface area contributed by atoms with Crippen molar-refractivity contribution < 1.29 is 8.42 Å². The van der Waals surface area contributed by atoms with E-state index in [0.29, 0.717) is 19.5 Å². The second kappa shape index (κ2) is 6.34. The molecule has 1 rings (SSSR count). The van der Waals surface area contributed by atoms with Crippen molar-refractivity contribution in [2.75, 3.05) is 19.3 Å². The number of nitrogens with two attached hydrogens (primary N) is 1. The van der Waals surface area contributed by atoms with Crippen LogP contribution in [0.15, 0.2) is 17.5 Å². The van der Waals surface area contributed by atoms with Crippen LogP contribution in [0.25, 0.3) is 0 Å². The molecule has 0 fully saturated rings. The lowest BCUT2D eigenvalue weighted by Gasteiger charge is -2.15. The van der Waals surface area contributed by atoms with Crippen molar-refractivity contribution >= 4 is 21.4 Å². The predicted octanol–water partition coefficient (Wildman–Crippen LogP) is 1.25. The summed E-state index contributed by atoms with van der Waals surface area (Å²) in [6, 6.07) is 3.87. The number of hydrogen-bond acceptors (Lipinski definition) is 4. The van der Waals surface area contributed by atoms with Gasteiger partial charge in [-0.05, 0) is 30.8 Å². The highest BCUT2D eigenvalue weighted by Crippen LogP contribution is 2.13. The van der Waals surface area contributed by atoms with E-state index < -0.39 is 10.0 Å². The van der Waals surface area contributed by atoms with Gasteiger partial charge >= 0.3 is 0 Å². The minimum absolute atomic E-state index is 0.187. The molecule has 1 aromatic rings. The number of rotatable bonds is 7. The van der Waals surface area contributed by atoms with E-state index in [1.165, 1.54) is 4.31 Å². The lowest BCUT2D eigenvalue weighted by molar-refractivity contribution is 0.467. The van der Waals surface area contributed by atoms with Crippen LogP contribution < -0.4 is 5.73 Å². The summed E-state index contributed by atoms with van der Waals surface area (Å²) < 4.78 is 25.1. The number of hydrogen-bond donors (Lipinski definition) is 1. The minimum Gasteiger partial charge on any atom is -0.330 e. The molecule has 0 bridgehead atoms. The molecule has 92 valence electrons. The maximum atomic E-state index is 11.8. The summed E-state index contributed by atoms with van der Waals surface area (Å²) >= 11 is 1.57. The van der Waals surface area contributed by atoms with Crippen molar-refractivity contribution in [2.24, 2.45) is 5.73 Å². The van der Waals surface area contributed by atoms with E-state index in [9.17, 15) is 8.42 Å². The van der Waals surface area contributed by atoms with Gasteiger partial charge < -0.3 is 5.73 Å². The Morgan fingerprint density at radius 3 is 2.75 bits per heavy atom. The first-order chi connectivity index (χ1) is 7.56. The van der Waals surface area contributed by atoms with Gasteiger partial charge in [-0.3, -0.25) is 0 Å². The number of thiophene rings is 1. The van der Waals surface area contributed by atoms with Crippen LogP contribution in [0.4, 0.5) is 0 Å². The lowest BCUT2D eigenvalue weighted by Crippen LogP contribution is -2.28. The summed E-state index contributed by atoms with van der Waals surface area (Å²) in [5.74, 6) is 0.187. The molecule has 0 aliphatic rings. The highest BCUT2D eigenvalue weighted by Gasteiger charge is 2.17. The number of sulfonamides is 1. The van der Waals surface area contributed by atoms with Crippen molar-refractivity contribution in [2.45, 2.75) is 19.4 Å². The van der Waals surface area contributed by atoms with Crippen LogP contribution in [-0.2, 0) is 16.6 Å². The van der Waals surface area contributed by atoms with Gasteiger partial charge in [-0.1, -0.05) is 6.07 Å². The third kappa shape index (κ3) is 4.21. The Bertz CT molecular complexity index is 387. The van der Waals surface area contributed by atoms with Gasteiger partial charge in [0.1, 0.15) is 0 Å². The van der Waals surface area contributed by atoms with Gasteiger partial charge in [0, 0.05) is 18.5 Å². The highest BCUT2D eigenvalue weighted by molar-refractivity contribution is 7.89. The molecule has 0 atom stereocenters. The molecular weight excluding hydrogens is 244 g/mol. The summed E-state index contributed by atoms with van der Waals surface area (Å²) in [7, 11) is -1.50. The van der Waals surface area contributed by atoms with Gasteiger partial charge in [-0.25, -0.2) is 8.42 Å². The molecule has 0 amide bonds. The average Bonchev–Trinajstić information content (AvgIpc) is 2.70. The molecule has 0 spiro atoms. The van der Waals surface area contributed by atoms with Gasteiger partial charge in [0.05, 0.1) is 5.75 Å². The first-order valence-corrected chi connectivity index (χ1v) is 7.71. The molecule has 0 radical (unpaired) electrons. The molecule has 4 nitrogen and oxygen atoms in total. The van der Waals surface area contributed by atoms with Crippen LogP contribution in [0.3, 0.4) is 0 Å². The fraction of sp³-hybridized carbons (Fsp3) is 0.600. The molecule has 2 N–H and O–H groups in total. The van der Waals surface area contributed by atoms with Gasteiger partial charge in [-0.2, -0.15) is 4.31 Å². The second-order valence-corrected chi connectivity index (χ2v) is 6.87. The highest BCUT2D eigenvalue weighted by atomic mass is 32.2. The van der Waals surface area contributed by atoms with Crippen LogP contribution in [0.5, 0.6) is 0 Å². The van der Waals surface area contributed by atoms with Crippen molar-refractivity contribution in [1.29, 1.82) is 0 Å². The Hall–Kier alpha value is -0.430. The zero-order valence-electron chi connectivity index (χ0n) is 9.43. The second-order valence-electron chi connectivity index (χ2n) is 3.65. The topological polar surface area (TPSA) is 63.4 Å². The van der Waals surface area contributed by atoms with Gasteiger partial charge in [-0.15, -0.1) is 11.3 Å². The van der Waals surface area contributed by atoms with Crippen LogP contribution in [-0.4, -0.2) is 32.1 Å². The minimum atomic E-state index is -3.12. The zero-order valence-corrected chi connectivity index (χ0v) is 11.1. The smallest absolute Gasteiger partial charge is 0.214 e. The monoisotopic (exact) mass is 262 g/mol. The van der Waals surface area contributed by atoms with Gasteiger partial charge in [0.15, 0.2) is 0 Å². The summed E-state index contributed by atoms with van der Waals surface area (Å²) in [5.41, 5.74) is 5.34. The van der Waals surface area contributed by atoms with Gasteiger partial charge in [0.2, 0.25) is 10.0 Å². The standard InChI is InChI=1S/C10H18N2O2S2/c1-12(9-10-5-4-7-15-10)16(13,14)8-3-2-6-11/h4-5,7H,2-3,6,8-9,11H2,1H3. The number of nitrogens with zero attached hydrogens (tertiary/aromatic N) is 1. The Kier molecular flexibility index (Phi) is 5.40. The van der Waals surface area contributed by atoms with E-state index in [0.717, 1.165) is 11.3 Å². The van der Waals surface area contributed by atoms with Crippen molar-refractivity contribution in [3.63, 3.8) is 0 Å². The summed E-state index contributed by atoms with van der Waals surface area (Å²) in [6.07, 6.45) is 1.39. The maximum absolute atomic E-state index is 11.8. The molecule has 6 heteroatoms. The SMILES string of the molecule is CN(Cc1cccs1)S(=O)(=O)CCCCN. The molecule has 0 aliphatic heterocycles. The van der Waals surface area contributed by atoms with Crippen LogP contribution in [0, 0.1) is 0 Å². The summed E-state index contributed by atoms with van der Waals surface area (Å²) in [4.78, 5) is 1.06. The lowest BCUT2D eigenvalue weighted by atomic mass is 10.3.